The average molecular weight is 372 g/mol. The first-order chi connectivity index (χ1) is 13.0. The molecule has 8 heteroatoms. The van der Waals surface area contributed by atoms with Gasteiger partial charge < -0.3 is 15.2 Å². The van der Waals surface area contributed by atoms with Crippen molar-refractivity contribution in [1.82, 2.24) is 25.1 Å². The molecule has 0 bridgehead atoms. The van der Waals surface area contributed by atoms with Crippen LogP contribution in [0.3, 0.4) is 0 Å². The van der Waals surface area contributed by atoms with E-state index in [9.17, 15) is 4.79 Å². The van der Waals surface area contributed by atoms with Gasteiger partial charge in [0.15, 0.2) is 5.69 Å². The highest BCUT2D eigenvalue weighted by Crippen LogP contribution is 2.34. The molecule has 1 unspecified atom stereocenters. The molecule has 8 nitrogen and oxygen atoms in total. The molecule has 146 valence electrons. The molecular formula is C19H28N6O2. The Bertz CT molecular complexity index is 790. The van der Waals surface area contributed by atoms with Crippen LogP contribution in [0, 0.1) is 0 Å². The number of rotatable bonds is 4. The molecule has 1 aliphatic heterocycles. The number of amides is 1. The van der Waals surface area contributed by atoms with E-state index in [1.165, 1.54) is 0 Å². The summed E-state index contributed by atoms with van der Waals surface area (Å²) in [6.45, 7) is 4.84. The molecule has 2 N–H and O–H groups in total. The fraction of sp³-hybridized carbons (Fsp3) is 0.684. The summed E-state index contributed by atoms with van der Waals surface area (Å²) >= 11 is 0. The van der Waals surface area contributed by atoms with Crippen LogP contribution in [0.1, 0.15) is 92.3 Å². The van der Waals surface area contributed by atoms with E-state index in [4.69, 9.17) is 10.3 Å². The van der Waals surface area contributed by atoms with Gasteiger partial charge in [0.05, 0.1) is 18.3 Å². The lowest BCUT2D eigenvalue weighted by molar-refractivity contribution is 0.0724. The monoisotopic (exact) mass is 372 g/mol. The molecule has 1 atom stereocenters. The van der Waals surface area contributed by atoms with Gasteiger partial charge in [0.1, 0.15) is 11.5 Å². The molecule has 4 rings (SSSR count). The largest absolute Gasteiger partial charge is 0.361 e. The Labute approximate surface area is 159 Å². The van der Waals surface area contributed by atoms with Gasteiger partial charge in [-0.15, -0.1) is 5.10 Å². The lowest BCUT2D eigenvalue weighted by atomic mass is 9.92. The molecule has 1 amide bonds. The molecule has 2 aromatic heterocycles. The highest BCUT2D eigenvalue weighted by atomic mass is 16.5. The van der Waals surface area contributed by atoms with Crippen molar-refractivity contribution < 1.29 is 9.32 Å². The Morgan fingerprint density at radius 3 is 2.74 bits per heavy atom. The summed E-state index contributed by atoms with van der Waals surface area (Å²) in [5.74, 6) is 1.05. The van der Waals surface area contributed by atoms with Crippen molar-refractivity contribution in [1.29, 1.82) is 0 Å². The van der Waals surface area contributed by atoms with Crippen LogP contribution < -0.4 is 5.73 Å². The summed E-state index contributed by atoms with van der Waals surface area (Å²) in [6.07, 6.45) is 7.60. The van der Waals surface area contributed by atoms with Crippen LogP contribution >= 0.6 is 0 Å². The predicted octanol–water partition coefficient (Wildman–Crippen LogP) is 2.81. The second-order valence-electron chi connectivity index (χ2n) is 8.12. The minimum atomic E-state index is -0.0784. The number of aromatic nitrogens is 4. The summed E-state index contributed by atoms with van der Waals surface area (Å²) in [5.41, 5.74) is 7.22. The van der Waals surface area contributed by atoms with Crippen LogP contribution in [-0.4, -0.2) is 43.5 Å². The Balaban J connectivity index is 1.48. The SMILES string of the molecule is CC(C)c1cc(C2CCCN2C(=O)c2cn(C3CCC(N)CC3)nn2)no1. The van der Waals surface area contributed by atoms with E-state index in [0.29, 0.717) is 12.2 Å². The van der Waals surface area contributed by atoms with E-state index in [1.54, 1.807) is 6.20 Å². The van der Waals surface area contributed by atoms with Crippen LogP contribution in [-0.2, 0) is 0 Å². The van der Waals surface area contributed by atoms with Crippen molar-refractivity contribution in [3.05, 3.63) is 29.4 Å². The van der Waals surface area contributed by atoms with Crippen LogP contribution in [0.4, 0.5) is 0 Å². The maximum absolute atomic E-state index is 13.1. The molecule has 3 heterocycles. The van der Waals surface area contributed by atoms with Crippen molar-refractivity contribution in [3.8, 4) is 0 Å². The zero-order valence-corrected chi connectivity index (χ0v) is 16.0. The minimum Gasteiger partial charge on any atom is -0.361 e. The molecule has 1 saturated heterocycles. The van der Waals surface area contributed by atoms with Crippen LogP contribution in [0.2, 0.25) is 0 Å². The second-order valence-corrected chi connectivity index (χ2v) is 8.12. The van der Waals surface area contributed by atoms with Gasteiger partial charge in [-0.05, 0) is 38.5 Å². The lowest BCUT2D eigenvalue weighted by Gasteiger charge is -2.25. The number of carbonyl (C=O) groups excluding carboxylic acids is 1. The molecular weight excluding hydrogens is 344 g/mol. The number of carbonyl (C=O) groups is 1. The molecule has 0 spiro atoms. The van der Waals surface area contributed by atoms with E-state index in [-0.39, 0.29) is 30.0 Å². The molecule has 0 radical (unpaired) electrons. The van der Waals surface area contributed by atoms with Gasteiger partial charge in [-0.1, -0.05) is 24.2 Å². The van der Waals surface area contributed by atoms with Gasteiger partial charge in [0.2, 0.25) is 0 Å². The number of hydrogen-bond donors (Lipinski definition) is 1. The third kappa shape index (κ3) is 3.63. The quantitative estimate of drug-likeness (QED) is 0.885. The van der Waals surface area contributed by atoms with Crippen molar-refractivity contribution in [2.75, 3.05) is 6.54 Å². The van der Waals surface area contributed by atoms with Gasteiger partial charge in [0.25, 0.3) is 5.91 Å². The zero-order chi connectivity index (χ0) is 19.0. The molecule has 27 heavy (non-hydrogen) atoms. The average Bonchev–Trinajstić information content (AvgIpc) is 3.40. The first-order valence-corrected chi connectivity index (χ1v) is 9.98. The highest BCUT2D eigenvalue weighted by molar-refractivity contribution is 5.92. The van der Waals surface area contributed by atoms with Gasteiger partial charge in [-0.3, -0.25) is 4.79 Å². The summed E-state index contributed by atoms with van der Waals surface area (Å²) in [5, 5.41) is 12.6. The summed E-state index contributed by atoms with van der Waals surface area (Å²) in [4.78, 5) is 14.9. The van der Waals surface area contributed by atoms with Crippen molar-refractivity contribution >= 4 is 5.91 Å². The topological polar surface area (TPSA) is 103 Å². The maximum Gasteiger partial charge on any atom is 0.276 e. The zero-order valence-electron chi connectivity index (χ0n) is 16.0. The van der Waals surface area contributed by atoms with E-state index in [0.717, 1.165) is 50.0 Å². The molecule has 2 aliphatic rings. The Morgan fingerprint density at radius 1 is 1.26 bits per heavy atom. The molecule has 1 saturated carbocycles. The predicted molar refractivity (Wildman–Crippen MR) is 99.1 cm³/mol. The first-order valence-electron chi connectivity index (χ1n) is 9.98. The van der Waals surface area contributed by atoms with Crippen molar-refractivity contribution in [3.63, 3.8) is 0 Å². The molecule has 1 aliphatic carbocycles. The summed E-state index contributed by atoms with van der Waals surface area (Å²) < 4.78 is 7.28. The smallest absolute Gasteiger partial charge is 0.276 e. The van der Waals surface area contributed by atoms with E-state index in [2.05, 4.69) is 29.3 Å². The van der Waals surface area contributed by atoms with Gasteiger partial charge >= 0.3 is 0 Å². The maximum atomic E-state index is 13.1. The number of likely N-dealkylation sites (tertiary alicyclic amines) is 1. The van der Waals surface area contributed by atoms with Crippen LogP contribution in [0.25, 0.3) is 0 Å². The summed E-state index contributed by atoms with van der Waals surface area (Å²) in [6, 6.07) is 2.50. The van der Waals surface area contributed by atoms with Crippen molar-refractivity contribution in [2.24, 2.45) is 5.73 Å². The lowest BCUT2D eigenvalue weighted by Crippen LogP contribution is -2.31. The number of hydrogen-bond acceptors (Lipinski definition) is 6. The third-order valence-corrected chi connectivity index (χ3v) is 5.82. The van der Waals surface area contributed by atoms with Crippen LogP contribution in [0.5, 0.6) is 0 Å². The van der Waals surface area contributed by atoms with Crippen molar-refractivity contribution in [2.45, 2.75) is 76.4 Å². The fourth-order valence-electron chi connectivity index (χ4n) is 4.12. The normalized spacial score (nSPS) is 26.1. The Kier molecular flexibility index (Phi) is 4.99. The Morgan fingerprint density at radius 2 is 2.04 bits per heavy atom. The number of nitrogens with two attached hydrogens (primary N) is 1. The van der Waals surface area contributed by atoms with E-state index < -0.39 is 0 Å². The highest BCUT2D eigenvalue weighted by Gasteiger charge is 2.34. The van der Waals surface area contributed by atoms with E-state index in [1.807, 2.05) is 15.6 Å². The fourth-order valence-corrected chi connectivity index (χ4v) is 4.12. The molecule has 2 aromatic rings. The number of nitrogens with zero attached hydrogens (tertiary/aromatic N) is 5. The molecule has 2 fully saturated rings. The van der Waals surface area contributed by atoms with Gasteiger partial charge in [-0.25, -0.2) is 4.68 Å². The van der Waals surface area contributed by atoms with Gasteiger partial charge in [-0.2, -0.15) is 0 Å². The third-order valence-electron chi connectivity index (χ3n) is 5.82. The minimum absolute atomic E-state index is 0.0495. The Hall–Kier alpha value is -2.22. The molecule has 0 aromatic carbocycles. The summed E-state index contributed by atoms with van der Waals surface area (Å²) in [7, 11) is 0. The first kappa shape index (κ1) is 18.2. The second kappa shape index (κ2) is 7.42. The van der Waals surface area contributed by atoms with Gasteiger partial charge in [0, 0.05) is 24.6 Å². The van der Waals surface area contributed by atoms with Crippen LogP contribution in [0.15, 0.2) is 16.8 Å². The van der Waals surface area contributed by atoms with E-state index >= 15 is 0 Å². The standard InChI is InChI=1S/C19H28N6O2/c1-12(2)18-10-15(22-27-18)17-4-3-9-24(17)19(26)16-11-25(23-21-16)14-7-5-13(20)6-8-14/h10-14,17H,3-9,20H2,1-2H3.